The van der Waals surface area contributed by atoms with E-state index >= 15 is 0 Å². The molecule has 0 atom stereocenters. The van der Waals surface area contributed by atoms with Crippen LogP contribution in [0.25, 0.3) is 43.6 Å². The van der Waals surface area contributed by atoms with Gasteiger partial charge in [0.05, 0.1) is 116 Å². The van der Waals surface area contributed by atoms with Gasteiger partial charge in [-0.25, -0.2) is 48.3 Å². The van der Waals surface area contributed by atoms with E-state index in [0.717, 1.165) is 223 Å². The van der Waals surface area contributed by atoms with Crippen LogP contribution >= 0.6 is 15.9 Å². The largest absolute Gasteiger partial charge is 0.418 e. The minimum Gasteiger partial charge on any atom is -0.367 e. The van der Waals surface area contributed by atoms with Crippen LogP contribution in [0, 0.1) is 39.0 Å². The Labute approximate surface area is 702 Å². The van der Waals surface area contributed by atoms with Gasteiger partial charge in [-0.15, -0.1) is 0 Å². The molecule has 16 rings (SSSR count). The van der Waals surface area contributed by atoms with Crippen LogP contribution in [0.4, 0.5) is 59.2 Å². The van der Waals surface area contributed by atoms with Crippen LogP contribution in [0.15, 0.2) is 155 Å². The number of rotatable bonds is 17. The standard InChI is InChI=1S/C22H25F3N6.C22H25N7.C22H28N6O2S.C21H25BrN6/c1-15-27-17(13-19(28-15)31-11-9-29(2)10-12-31)14-30(3)21-18(22(23,24)25)7-6-16-5-4-8-26-20(16)21;1-16-25-19(13-21(26-16)29-9-7-27(2)8-10-29)15-28(3)20-12-17(14-23)11-18-5-4-6-24-22(18)20;1-16-24-18(13-21(25-16)28-10-8-26(2)9-11-28)15-27(3)20-14-19(31(4,29)30)12-17-6-5-7-23-22(17)20;1-15-24-18(13-20(25-15)28-9-7-26(2)8-10-28)14-27(3)19-12-17(22)11-16-5-4-6-23-21(16)19/h4-8,13H,9-12,14H2,1-3H3;4-6,11-13H,7-10,15H2,1-3H3;5-7,12-14H,8-11,15H2,1-4H3;4-6,11-13H,7-10,14H2,1-3H3. The molecule has 0 aliphatic carbocycles. The average molecular weight is 1700 g/mol. The van der Waals surface area contributed by atoms with Crippen molar-refractivity contribution in [1.82, 2.24) is 79.4 Å². The number of nitriles is 1. The van der Waals surface area contributed by atoms with Crippen molar-refractivity contribution in [3.05, 3.63) is 208 Å². The lowest BCUT2D eigenvalue weighted by molar-refractivity contribution is -0.137. The highest BCUT2D eigenvalue weighted by Gasteiger charge is 2.36. The van der Waals surface area contributed by atoms with Gasteiger partial charge in [0.1, 0.15) is 46.6 Å². The molecule has 119 heavy (non-hydrogen) atoms. The van der Waals surface area contributed by atoms with E-state index in [1.54, 1.807) is 48.6 Å². The fourth-order valence-corrected chi connectivity index (χ4v) is 16.4. The SMILES string of the molecule is Cc1nc(CN(C)c2c(C(F)(F)F)ccc3cccnc23)cc(N2CCN(C)CC2)n1.Cc1nc(CN(C)c2cc(Br)cc3cccnc23)cc(N2CCN(C)CC2)n1.Cc1nc(CN(C)c2cc(C#N)cc3cccnc23)cc(N2CCN(C)CC2)n1.Cc1nc(CN(C)c2cc(S(C)(=O)=O)cc3cccnc23)cc(N2CCN(C)CC2)n1. The van der Waals surface area contributed by atoms with E-state index in [4.69, 9.17) is 0 Å². The molecule has 0 bridgehead atoms. The molecule has 0 amide bonds. The van der Waals surface area contributed by atoms with Crippen LogP contribution in [0.3, 0.4) is 0 Å². The van der Waals surface area contributed by atoms with E-state index in [-0.39, 0.29) is 17.1 Å². The molecule has 8 aromatic heterocycles. The molecule has 12 heterocycles. The number of anilines is 8. The molecule has 0 spiro atoms. The molecular formula is C87H103BrF3N25O2S. The topological polar surface area (TPSA) is 251 Å². The van der Waals surface area contributed by atoms with E-state index in [0.29, 0.717) is 47.6 Å². The van der Waals surface area contributed by atoms with E-state index in [9.17, 15) is 26.9 Å². The van der Waals surface area contributed by atoms with E-state index < -0.39 is 21.6 Å². The minimum atomic E-state index is -4.48. The third-order valence-electron chi connectivity index (χ3n) is 21.6. The summed E-state index contributed by atoms with van der Waals surface area (Å²) >= 11 is 3.63. The third kappa shape index (κ3) is 21.8. The van der Waals surface area contributed by atoms with Crippen LogP contribution in [-0.4, -0.2) is 255 Å². The highest BCUT2D eigenvalue weighted by Crippen LogP contribution is 2.41. The summed E-state index contributed by atoms with van der Waals surface area (Å²) in [6, 6.07) is 39.4. The number of nitrogens with zero attached hydrogens (tertiary/aromatic N) is 25. The molecule has 32 heteroatoms. The Balaban J connectivity index is 0.000000137. The van der Waals surface area contributed by atoms with Crippen molar-refractivity contribution in [3.63, 3.8) is 0 Å². The summed E-state index contributed by atoms with van der Waals surface area (Å²) < 4.78 is 66.9. The molecule has 0 unspecified atom stereocenters. The first-order chi connectivity index (χ1) is 56.9. The van der Waals surface area contributed by atoms with Crippen molar-refractivity contribution in [2.24, 2.45) is 0 Å². The lowest BCUT2D eigenvalue weighted by atomic mass is 10.1. The summed E-state index contributed by atoms with van der Waals surface area (Å²) in [5, 5.41) is 13.0. The number of aryl methyl sites for hydroxylation is 4. The summed E-state index contributed by atoms with van der Waals surface area (Å²) in [6.07, 6.45) is 3.60. The number of fused-ring (bicyclic) bond motifs is 4. The lowest BCUT2D eigenvalue weighted by Gasteiger charge is -2.33. The van der Waals surface area contributed by atoms with E-state index in [1.165, 1.54) is 18.5 Å². The normalized spacial score (nSPS) is 15.2. The zero-order valence-corrected chi connectivity index (χ0v) is 72.3. The molecule has 4 aliphatic rings. The molecule has 12 aromatic rings. The smallest absolute Gasteiger partial charge is 0.367 e. The first-order valence-corrected chi connectivity index (χ1v) is 42.5. The predicted molar refractivity (Wildman–Crippen MR) is 472 cm³/mol. The Bertz CT molecular complexity index is 5740. The number of piperazine rings is 4. The van der Waals surface area contributed by atoms with Crippen molar-refractivity contribution >= 4 is 115 Å². The maximum atomic E-state index is 13.8. The summed E-state index contributed by atoms with van der Waals surface area (Å²) in [6.45, 7) is 25.3. The van der Waals surface area contributed by atoms with Crippen LogP contribution in [0.1, 0.15) is 57.2 Å². The first kappa shape index (κ1) is 85.7. The molecular weight excluding hydrogens is 1600 g/mol. The molecule has 0 N–H and O–H groups in total. The van der Waals surface area contributed by atoms with Crippen LogP contribution in [0.2, 0.25) is 0 Å². The molecule has 27 nitrogen and oxygen atoms in total. The van der Waals surface area contributed by atoms with E-state index in [2.05, 4.69) is 196 Å². The second kappa shape index (κ2) is 37.8. The number of halogens is 4. The van der Waals surface area contributed by atoms with Crippen LogP contribution in [0.5, 0.6) is 0 Å². The molecule has 0 saturated carbocycles. The monoisotopic (exact) mass is 1700 g/mol. The number of aromatic nitrogens is 12. The second-order valence-corrected chi connectivity index (χ2v) is 34.1. The summed E-state index contributed by atoms with van der Waals surface area (Å²) in [5.41, 5.74) is 9.27. The molecule has 4 fully saturated rings. The predicted octanol–water partition coefficient (Wildman–Crippen LogP) is 11.9. The van der Waals surface area contributed by atoms with Crippen molar-refractivity contribution in [1.29, 1.82) is 5.26 Å². The number of likely N-dealkylation sites (N-methyl/N-ethyl adjacent to an activating group) is 4. The van der Waals surface area contributed by atoms with Crippen molar-refractivity contribution < 1.29 is 21.6 Å². The number of sulfone groups is 1. The Morgan fingerprint density at radius 2 is 0.723 bits per heavy atom. The Morgan fingerprint density at radius 1 is 0.403 bits per heavy atom. The molecule has 4 aromatic carbocycles. The Kier molecular flexibility index (Phi) is 27.2. The molecule has 0 radical (unpaired) electrons. The Morgan fingerprint density at radius 3 is 1.08 bits per heavy atom. The van der Waals surface area contributed by atoms with Crippen molar-refractivity contribution in [3.8, 4) is 6.07 Å². The average Bonchev–Trinajstić information content (AvgIpc) is 0.778. The number of hydrogen-bond donors (Lipinski definition) is 0. The maximum Gasteiger partial charge on any atom is 0.418 e. The van der Waals surface area contributed by atoms with Gasteiger partial charge in [0.25, 0.3) is 0 Å². The zero-order valence-electron chi connectivity index (χ0n) is 69.9. The zero-order chi connectivity index (χ0) is 84.4. The minimum absolute atomic E-state index is 0.0583. The number of pyridine rings is 4. The number of hydrogen-bond acceptors (Lipinski definition) is 27. The highest BCUT2D eigenvalue weighted by atomic mass is 79.9. The van der Waals surface area contributed by atoms with Gasteiger partial charge in [-0.1, -0.05) is 46.3 Å². The van der Waals surface area contributed by atoms with Gasteiger partial charge in [-0.05, 0) is 123 Å². The number of alkyl halides is 3. The summed E-state index contributed by atoms with van der Waals surface area (Å²) in [5.74, 6) is 6.70. The van der Waals surface area contributed by atoms with Crippen molar-refractivity contribution in [2.75, 3.05) is 207 Å². The second-order valence-electron chi connectivity index (χ2n) is 31.2. The first-order valence-electron chi connectivity index (χ1n) is 39.8. The molecule has 622 valence electrons. The lowest BCUT2D eigenvalue weighted by Crippen LogP contribution is -2.45. The highest BCUT2D eigenvalue weighted by molar-refractivity contribution is 9.10. The molecule has 4 saturated heterocycles. The molecule has 4 aliphatic heterocycles. The summed E-state index contributed by atoms with van der Waals surface area (Å²) in [7, 11) is 12.9. The maximum absolute atomic E-state index is 13.8. The summed E-state index contributed by atoms with van der Waals surface area (Å²) in [4.78, 5) is 81.5. The van der Waals surface area contributed by atoms with Gasteiger partial charge >= 0.3 is 6.18 Å². The quantitative estimate of drug-likeness (QED) is 0.0821. The van der Waals surface area contributed by atoms with Crippen molar-refractivity contribution in [2.45, 2.75) is 64.9 Å². The van der Waals surface area contributed by atoms with Gasteiger partial charge in [-0.2, -0.15) is 18.4 Å². The van der Waals surface area contributed by atoms with Gasteiger partial charge in [-0.3, -0.25) is 19.9 Å². The van der Waals surface area contributed by atoms with Crippen LogP contribution in [-0.2, 0) is 42.2 Å². The fraction of sp³-hybridized carbons (Fsp3) is 0.391. The number of benzene rings is 4. The van der Waals surface area contributed by atoms with Gasteiger partial charge in [0.2, 0.25) is 0 Å². The van der Waals surface area contributed by atoms with Gasteiger partial charge < -0.3 is 58.8 Å². The van der Waals surface area contributed by atoms with E-state index in [1.807, 2.05) is 107 Å². The van der Waals surface area contributed by atoms with Gasteiger partial charge in [0, 0.05) is 214 Å². The fourth-order valence-electron chi connectivity index (χ4n) is 15.2. The van der Waals surface area contributed by atoms with Gasteiger partial charge in [0.15, 0.2) is 9.84 Å². The third-order valence-corrected chi connectivity index (χ3v) is 23.2. The Hall–Kier alpha value is -11.2. The van der Waals surface area contributed by atoms with Crippen LogP contribution < -0.4 is 39.2 Å².